The molecule has 0 fully saturated rings. The normalized spacial score (nSPS) is 25.4. The highest BCUT2D eigenvalue weighted by Crippen LogP contribution is 2.51. The van der Waals surface area contributed by atoms with Crippen molar-refractivity contribution in [3.63, 3.8) is 0 Å². The second kappa shape index (κ2) is 6.16. The van der Waals surface area contributed by atoms with Crippen LogP contribution < -0.4 is 15.6 Å². The molecule has 0 radical (unpaired) electrons. The lowest BCUT2D eigenvalue weighted by atomic mass is 9.63. The summed E-state index contributed by atoms with van der Waals surface area (Å²) >= 11 is 0. The monoisotopic (exact) mass is 349 g/mol. The Morgan fingerprint density at radius 2 is 2.23 bits per heavy atom. The molecule has 0 spiro atoms. The zero-order valence-corrected chi connectivity index (χ0v) is 15.3. The van der Waals surface area contributed by atoms with Crippen LogP contribution in [-0.2, 0) is 12.0 Å². The number of fused-ring (bicyclic) bond motifs is 4. The van der Waals surface area contributed by atoms with Gasteiger partial charge in [-0.1, -0.05) is 17.7 Å². The van der Waals surface area contributed by atoms with E-state index in [-0.39, 0.29) is 11.5 Å². The molecule has 0 aromatic carbocycles. The molecule has 0 unspecified atom stereocenters. The van der Waals surface area contributed by atoms with Crippen LogP contribution in [0.1, 0.15) is 31.5 Å². The number of allylic oxidation sites excluding steroid dienone is 2. The lowest BCUT2D eigenvalue weighted by Crippen LogP contribution is -2.47. The van der Waals surface area contributed by atoms with Gasteiger partial charge in [0.2, 0.25) is 5.56 Å². The number of methoxy groups -OCH3 is 1. The highest BCUT2D eigenvalue weighted by atomic mass is 16.5. The maximum atomic E-state index is 11.9. The maximum Gasteiger partial charge on any atom is 0.248 e. The van der Waals surface area contributed by atoms with Crippen LogP contribution in [-0.4, -0.2) is 17.1 Å². The summed E-state index contributed by atoms with van der Waals surface area (Å²) in [7, 11) is 1.65. The molecular weight excluding hydrogens is 326 g/mol. The van der Waals surface area contributed by atoms with E-state index in [2.05, 4.69) is 41.3 Å². The van der Waals surface area contributed by atoms with E-state index in [1.165, 1.54) is 11.1 Å². The van der Waals surface area contributed by atoms with Gasteiger partial charge in [0.25, 0.3) is 0 Å². The van der Waals surface area contributed by atoms with Crippen molar-refractivity contribution in [2.75, 3.05) is 12.4 Å². The van der Waals surface area contributed by atoms with Crippen LogP contribution in [0.25, 0.3) is 0 Å². The van der Waals surface area contributed by atoms with E-state index in [1.54, 1.807) is 19.4 Å². The average molecular weight is 349 g/mol. The molecular formula is C21H23N3O2. The Hall–Kier alpha value is -2.82. The Labute approximate surface area is 152 Å². The number of hydrogen-bond donors (Lipinski definition) is 2. The maximum absolute atomic E-state index is 11.9. The second-order valence-electron chi connectivity index (χ2n) is 7.04. The minimum absolute atomic E-state index is 0.0583. The highest BCUT2D eigenvalue weighted by Gasteiger charge is 2.47. The van der Waals surface area contributed by atoms with Crippen LogP contribution in [0.2, 0.25) is 0 Å². The standard InChI is InChI=1S/C21H23N3O2/c1-4-15-14-10-13(2)12-21(15,16-7-8-19(25)23-17(16)11-14)24-20-18(26-3)6-5-9-22-20/h4-10,14H,11-12H2,1-3H3,(H,22,24)(H,23,25)/b15-4+/t14-,21+/m0/s1. The summed E-state index contributed by atoms with van der Waals surface area (Å²) in [5.74, 6) is 1.68. The number of aromatic nitrogens is 2. The molecule has 5 heteroatoms. The predicted octanol–water partition coefficient (Wildman–Crippen LogP) is 3.55. The first-order valence-corrected chi connectivity index (χ1v) is 8.91. The van der Waals surface area contributed by atoms with E-state index in [4.69, 9.17) is 4.74 Å². The Bertz CT molecular complexity index is 973. The molecule has 2 aromatic heterocycles. The Morgan fingerprint density at radius 1 is 1.38 bits per heavy atom. The Morgan fingerprint density at radius 3 is 3.00 bits per heavy atom. The van der Waals surface area contributed by atoms with Gasteiger partial charge in [-0.2, -0.15) is 0 Å². The predicted molar refractivity (Wildman–Crippen MR) is 102 cm³/mol. The highest BCUT2D eigenvalue weighted by molar-refractivity contribution is 5.60. The van der Waals surface area contributed by atoms with Gasteiger partial charge in [-0.25, -0.2) is 4.98 Å². The van der Waals surface area contributed by atoms with Crippen LogP contribution in [0.4, 0.5) is 5.82 Å². The van der Waals surface area contributed by atoms with Crippen LogP contribution in [0.3, 0.4) is 0 Å². The number of H-pyrrole nitrogens is 1. The minimum Gasteiger partial charge on any atom is -0.493 e. The summed E-state index contributed by atoms with van der Waals surface area (Å²) in [5.41, 5.74) is 4.27. The van der Waals surface area contributed by atoms with Crippen LogP contribution in [0.5, 0.6) is 5.75 Å². The van der Waals surface area contributed by atoms with Gasteiger partial charge in [-0.3, -0.25) is 4.79 Å². The third-order valence-corrected chi connectivity index (χ3v) is 5.44. The van der Waals surface area contributed by atoms with E-state index in [9.17, 15) is 4.79 Å². The fourth-order valence-corrected chi connectivity index (χ4v) is 4.54. The lowest BCUT2D eigenvalue weighted by molar-refractivity contribution is 0.405. The van der Waals surface area contributed by atoms with Crippen LogP contribution in [0.15, 0.2) is 58.6 Å². The Balaban J connectivity index is 1.95. The molecule has 26 heavy (non-hydrogen) atoms. The topological polar surface area (TPSA) is 67.0 Å². The number of pyridine rings is 2. The molecule has 5 nitrogen and oxygen atoms in total. The summed E-state index contributed by atoms with van der Waals surface area (Å²) in [5, 5.41) is 3.69. The molecule has 2 heterocycles. The first-order valence-electron chi connectivity index (χ1n) is 8.91. The minimum atomic E-state index is -0.433. The molecule has 0 saturated heterocycles. The summed E-state index contributed by atoms with van der Waals surface area (Å²) in [4.78, 5) is 19.5. The molecule has 2 aromatic rings. The quantitative estimate of drug-likeness (QED) is 0.832. The molecule has 0 aliphatic heterocycles. The zero-order chi connectivity index (χ0) is 18.3. The van der Waals surface area contributed by atoms with Gasteiger partial charge >= 0.3 is 0 Å². The van der Waals surface area contributed by atoms with Gasteiger partial charge in [0.1, 0.15) is 0 Å². The molecule has 2 aliphatic carbocycles. The molecule has 2 bridgehead atoms. The van der Waals surface area contributed by atoms with Gasteiger partial charge in [-0.15, -0.1) is 0 Å². The molecule has 0 saturated carbocycles. The molecule has 2 atom stereocenters. The van der Waals surface area contributed by atoms with E-state index < -0.39 is 5.54 Å². The summed E-state index contributed by atoms with van der Waals surface area (Å²) in [6, 6.07) is 7.33. The smallest absolute Gasteiger partial charge is 0.248 e. The van der Waals surface area contributed by atoms with E-state index in [0.29, 0.717) is 11.6 Å². The number of rotatable bonds is 3. The molecule has 2 N–H and O–H groups in total. The second-order valence-corrected chi connectivity index (χ2v) is 7.04. The first kappa shape index (κ1) is 16.6. The number of anilines is 1. The molecule has 134 valence electrons. The van der Waals surface area contributed by atoms with Crippen molar-refractivity contribution in [3.8, 4) is 5.75 Å². The number of nitrogens with zero attached hydrogens (tertiary/aromatic N) is 1. The van der Waals surface area contributed by atoms with Crippen LogP contribution in [0, 0.1) is 5.92 Å². The van der Waals surface area contributed by atoms with Gasteiger partial charge < -0.3 is 15.0 Å². The van der Waals surface area contributed by atoms with Crippen molar-refractivity contribution >= 4 is 5.82 Å². The van der Waals surface area contributed by atoms with Gasteiger partial charge in [0.15, 0.2) is 11.6 Å². The van der Waals surface area contributed by atoms with Crippen molar-refractivity contribution in [1.29, 1.82) is 0 Å². The first-order chi connectivity index (χ1) is 12.6. The van der Waals surface area contributed by atoms with Crippen molar-refractivity contribution in [3.05, 3.63) is 75.4 Å². The molecule has 4 rings (SSSR count). The van der Waals surface area contributed by atoms with E-state index in [0.717, 1.165) is 24.1 Å². The summed E-state index contributed by atoms with van der Waals surface area (Å²) < 4.78 is 5.51. The van der Waals surface area contributed by atoms with Crippen molar-refractivity contribution < 1.29 is 4.74 Å². The van der Waals surface area contributed by atoms with E-state index in [1.807, 2.05) is 18.2 Å². The largest absolute Gasteiger partial charge is 0.493 e. The number of hydrogen-bond acceptors (Lipinski definition) is 4. The van der Waals surface area contributed by atoms with Gasteiger partial charge in [0.05, 0.1) is 12.6 Å². The third kappa shape index (κ3) is 2.46. The lowest BCUT2D eigenvalue weighted by Gasteiger charge is -2.48. The van der Waals surface area contributed by atoms with Crippen molar-refractivity contribution in [1.82, 2.24) is 9.97 Å². The average Bonchev–Trinajstić information content (AvgIpc) is 2.61. The number of nitrogens with one attached hydrogen (secondary N) is 2. The van der Waals surface area contributed by atoms with Crippen molar-refractivity contribution in [2.24, 2.45) is 5.92 Å². The Kier molecular flexibility index (Phi) is 3.94. The van der Waals surface area contributed by atoms with Crippen molar-refractivity contribution in [2.45, 2.75) is 32.2 Å². The third-order valence-electron chi connectivity index (χ3n) is 5.44. The fraction of sp³-hybridized carbons (Fsp3) is 0.333. The molecule has 2 aliphatic rings. The van der Waals surface area contributed by atoms with Crippen LogP contribution >= 0.6 is 0 Å². The van der Waals surface area contributed by atoms with E-state index >= 15 is 0 Å². The summed E-state index contributed by atoms with van der Waals surface area (Å²) in [6.45, 7) is 4.25. The van der Waals surface area contributed by atoms with Gasteiger partial charge in [0, 0.05) is 29.4 Å². The zero-order valence-electron chi connectivity index (χ0n) is 15.3. The fourth-order valence-electron chi connectivity index (χ4n) is 4.54. The number of aromatic amines is 1. The SMILES string of the molecule is C/C=C1\[C@H]2C=C(C)C[C@]1(Nc1ncccc1OC)c1ccc(=O)[nH]c1C2. The molecule has 0 amide bonds. The number of ether oxygens (including phenoxy) is 1. The summed E-state index contributed by atoms with van der Waals surface area (Å²) in [6.07, 6.45) is 7.91. The van der Waals surface area contributed by atoms with Gasteiger partial charge in [-0.05, 0) is 50.5 Å².